The molecular formula is C30H36O5. The van der Waals surface area contributed by atoms with Gasteiger partial charge in [-0.15, -0.1) is 0 Å². The maximum atomic E-state index is 12.6. The normalized spacial score (nSPS) is 40.2. The Morgan fingerprint density at radius 1 is 1.03 bits per heavy atom. The Labute approximate surface area is 207 Å². The van der Waals surface area contributed by atoms with Gasteiger partial charge in [-0.05, 0) is 72.1 Å². The van der Waals surface area contributed by atoms with E-state index in [1.165, 1.54) is 12.5 Å². The molecule has 1 aromatic rings. The molecule has 3 unspecified atom stereocenters. The summed E-state index contributed by atoms with van der Waals surface area (Å²) in [5.74, 6) is -0.316. The molecule has 5 nitrogen and oxygen atoms in total. The summed E-state index contributed by atoms with van der Waals surface area (Å²) >= 11 is 0. The summed E-state index contributed by atoms with van der Waals surface area (Å²) in [6, 6.07) is 9.10. The van der Waals surface area contributed by atoms with Gasteiger partial charge in [0.25, 0.3) is 0 Å². The second-order valence-electron chi connectivity index (χ2n) is 11.5. The maximum absolute atomic E-state index is 12.6. The molecule has 186 valence electrons. The van der Waals surface area contributed by atoms with E-state index in [0.29, 0.717) is 12.0 Å². The molecule has 8 atom stereocenters. The number of esters is 2. The number of fused-ring (bicyclic) bond motifs is 5. The van der Waals surface area contributed by atoms with E-state index >= 15 is 0 Å². The number of aliphatic hydroxyl groups is 1. The number of carbonyl (C=O) groups is 2. The molecule has 0 heterocycles. The first-order valence-corrected chi connectivity index (χ1v) is 12.8. The van der Waals surface area contributed by atoms with E-state index in [4.69, 9.17) is 9.47 Å². The molecule has 0 amide bonds. The topological polar surface area (TPSA) is 72.8 Å². The lowest BCUT2D eigenvalue weighted by Gasteiger charge is -2.58. The van der Waals surface area contributed by atoms with Crippen molar-refractivity contribution in [3.8, 4) is 0 Å². The molecule has 5 heteroatoms. The van der Waals surface area contributed by atoms with Gasteiger partial charge >= 0.3 is 11.9 Å². The molecule has 4 aliphatic carbocycles. The van der Waals surface area contributed by atoms with Gasteiger partial charge in [0.2, 0.25) is 0 Å². The molecule has 0 saturated heterocycles. The molecule has 0 spiro atoms. The summed E-state index contributed by atoms with van der Waals surface area (Å²) in [5, 5.41) is 11.5. The van der Waals surface area contributed by atoms with Crippen molar-refractivity contribution in [2.75, 3.05) is 0 Å². The summed E-state index contributed by atoms with van der Waals surface area (Å²) in [5.41, 5.74) is 3.09. The van der Waals surface area contributed by atoms with Crippen molar-refractivity contribution in [2.24, 2.45) is 28.6 Å². The van der Waals surface area contributed by atoms with Crippen LogP contribution in [0.25, 0.3) is 0 Å². The van der Waals surface area contributed by atoms with E-state index in [9.17, 15) is 14.7 Å². The van der Waals surface area contributed by atoms with Crippen LogP contribution >= 0.6 is 0 Å². The average Bonchev–Trinajstić information content (AvgIpc) is 3.01. The predicted octanol–water partition coefficient (Wildman–Crippen LogP) is 5.41. The first-order valence-electron chi connectivity index (χ1n) is 12.8. The summed E-state index contributed by atoms with van der Waals surface area (Å²) in [6.07, 6.45) is 5.00. The standard InChI is InChI=1S/C30H36O5/c1-17-18(2)27(34-19(3)31)30(5)14-12-23-25(26(17)30)24(32)16-21-15-22(11-13-29(21,23)4)35-28(33)20-9-7-6-8-10-20/h6-10,16,22-27,32H,1-2,11-15H2,3-5H3/t22?,23-,24?,25+,26+,27?,29+,30+/m1/s1. The molecule has 0 bridgehead atoms. The second-order valence-corrected chi connectivity index (χ2v) is 11.5. The second kappa shape index (κ2) is 8.48. The van der Waals surface area contributed by atoms with Crippen LogP contribution in [0, 0.1) is 28.6 Å². The van der Waals surface area contributed by atoms with Crippen molar-refractivity contribution in [1.29, 1.82) is 0 Å². The van der Waals surface area contributed by atoms with Crippen molar-refractivity contribution in [1.82, 2.24) is 0 Å². The Morgan fingerprint density at radius 3 is 2.43 bits per heavy atom. The van der Waals surface area contributed by atoms with Gasteiger partial charge in [0.05, 0.1) is 11.7 Å². The van der Waals surface area contributed by atoms with Gasteiger partial charge in [-0.1, -0.05) is 56.9 Å². The quantitative estimate of drug-likeness (QED) is 0.467. The van der Waals surface area contributed by atoms with Crippen LogP contribution in [0.4, 0.5) is 0 Å². The SMILES string of the molecule is C=C1C(=C)[C@H]2[C@@H]3C(O)C=C4CC(OC(=O)c5ccccc5)CC[C@]4(C)[C@@H]3CC[C@]2(C)C1OC(C)=O. The number of carbonyl (C=O) groups excluding carboxylic acids is 2. The number of aliphatic hydroxyl groups excluding tert-OH is 1. The molecule has 3 fully saturated rings. The van der Waals surface area contributed by atoms with E-state index in [1.807, 2.05) is 24.3 Å². The fourth-order valence-corrected chi connectivity index (χ4v) is 7.82. The van der Waals surface area contributed by atoms with Gasteiger partial charge in [-0.3, -0.25) is 4.79 Å². The lowest BCUT2D eigenvalue weighted by atomic mass is 9.47. The van der Waals surface area contributed by atoms with Crippen LogP contribution in [0.5, 0.6) is 0 Å². The zero-order chi connectivity index (χ0) is 25.1. The van der Waals surface area contributed by atoms with E-state index in [2.05, 4.69) is 27.0 Å². The van der Waals surface area contributed by atoms with Crippen LogP contribution in [0.15, 0.2) is 66.3 Å². The van der Waals surface area contributed by atoms with Crippen LogP contribution in [-0.2, 0) is 14.3 Å². The highest BCUT2D eigenvalue weighted by Crippen LogP contribution is 2.67. The highest BCUT2D eigenvalue weighted by atomic mass is 16.5. The Bertz CT molecular complexity index is 1100. The van der Waals surface area contributed by atoms with Crippen LogP contribution < -0.4 is 0 Å². The molecular weight excluding hydrogens is 440 g/mol. The fourth-order valence-electron chi connectivity index (χ4n) is 7.82. The van der Waals surface area contributed by atoms with Crippen molar-refractivity contribution in [3.05, 3.63) is 71.8 Å². The number of hydrogen-bond donors (Lipinski definition) is 1. The molecule has 0 radical (unpaired) electrons. The summed E-state index contributed by atoms with van der Waals surface area (Å²) < 4.78 is 11.6. The minimum atomic E-state index is -0.628. The molecule has 35 heavy (non-hydrogen) atoms. The molecule has 4 aliphatic rings. The van der Waals surface area contributed by atoms with Crippen molar-refractivity contribution < 1.29 is 24.2 Å². The average molecular weight is 477 g/mol. The predicted molar refractivity (Wildman–Crippen MR) is 133 cm³/mol. The van der Waals surface area contributed by atoms with Gasteiger partial charge in [-0.25, -0.2) is 4.79 Å². The van der Waals surface area contributed by atoms with Gasteiger partial charge in [0.1, 0.15) is 12.2 Å². The number of benzene rings is 1. The highest BCUT2D eigenvalue weighted by molar-refractivity contribution is 5.89. The molecule has 1 aromatic carbocycles. The van der Waals surface area contributed by atoms with Gasteiger partial charge in [0, 0.05) is 18.8 Å². The zero-order valence-electron chi connectivity index (χ0n) is 21.0. The largest absolute Gasteiger partial charge is 0.458 e. The Hall–Kier alpha value is -2.66. The third-order valence-electron chi connectivity index (χ3n) is 9.58. The lowest BCUT2D eigenvalue weighted by Crippen LogP contribution is -2.55. The summed E-state index contributed by atoms with van der Waals surface area (Å²) in [4.78, 5) is 24.5. The Kier molecular flexibility index (Phi) is 5.83. The van der Waals surface area contributed by atoms with Crippen molar-refractivity contribution in [2.45, 2.75) is 71.2 Å². The summed E-state index contributed by atoms with van der Waals surface area (Å²) in [7, 11) is 0. The molecule has 1 N–H and O–H groups in total. The van der Waals surface area contributed by atoms with Gasteiger partial charge < -0.3 is 14.6 Å². The highest BCUT2D eigenvalue weighted by Gasteiger charge is 2.64. The Morgan fingerprint density at radius 2 is 1.74 bits per heavy atom. The maximum Gasteiger partial charge on any atom is 0.338 e. The Balaban J connectivity index is 1.40. The molecule has 3 saturated carbocycles. The minimum Gasteiger partial charge on any atom is -0.458 e. The van der Waals surface area contributed by atoms with Crippen LogP contribution in [0.1, 0.15) is 63.2 Å². The monoisotopic (exact) mass is 476 g/mol. The van der Waals surface area contributed by atoms with Crippen molar-refractivity contribution >= 4 is 11.9 Å². The molecule has 5 rings (SSSR count). The first kappa shape index (κ1) is 24.1. The third kappa shape index (κ3) is 3.70. The van der Waals surface area contributed by atoms with E-state index < -0.39 is 12.2 Å². The van der Waals surface area contributed by atoms with Gasteiger partial charge in [0.15, 0.2) is 0 Å². The zero-order valence-corrected chi connectivity index (χ0v) is 21.0. The van der Waals surface area contributed by atoms with E-state index in [1.54, 1.807) is 12.1 Å². The van der Waals surface area contributed by atoms with Crippen LogP contribution in [0.3, 0.4) is 0 Å². The third-order valence-corrected chi connectivity index (χ3v) is 9.58. The first-order chi connectivity index (χ1) is 16.6. The number of ether oxygens (including phenoxy) is 2. The number of rotatable bonds is 3. The number of hydrogen-bond acceptors (Lipinski definition) is 5. The van der Waals surface area contributed by atoms with Gasteiger partial charge in [-0.2, -0.15) is 0 Å². The minimum absolute atomic E-state index is 0.00396. The van der Waals surface area contributed by atoms with Crippen molar-refractivity contribution in [3.63, 3.8) is 0 Å². The smallest absolute Gasteiger partial charge is 0.338 e. The lowest BCUT2D eigenvalue weighted by molar-refractivity contribution is -0.156. The van der Waals surface area contributed by atoms with E-state index in [-0.39, 0.29) is 46.6 Å². The van der Waals surface area contributed by atoms with Crippen LogP contribution in [0.2, 0.25) is 0 Å². The van der Waals surface area contributed by atoms with Crippen LogP contribution in [-0.4, -0.2) is 35.4 Å². The summed E-state index contributed by atoms with van der Waals surface area (Å²) in [6.45, 7) is 14.5. The fraction of sp³-hybridized carbons (Fsp3) is 0.533. The molecule has 0 aromatic heterocycles. The molecule has 0 aliphatic heterocycles. The van der Waals surface area contributed by atoms with E-state index in [0.717, 1.165) is 36.8 Å².